The van der Waals surface area contributed by atoms with Crippen LogP contribution in [-0.4, -0.2) is 27.6 Å². The Hall–Kier alpha value is -6.22. The van der Waals surface area contributed by atoms with Crippen LogP contribution in [0.3, 0.4) is 0 Å². The van der Waals surface area contributed by atoms with Gasteiger partial charge in [-0.2, -0.15) is 11.3 Å². The number of nitrogens with zero attached hydrogens (tertiary/aromatic N) is 4. The van der Waals surface area contributed by atoms with E-state index in [9.17, 15) is 8.78 Å². The number of thiophene rings is 1. The fraction of sp³-hybridized carbons (Fsp3) is 0.169. The van der Waals surface area contributed by atoms with Gasteiger partial charge in [0.1, 0.15) is 10.6 Å². The minimum absolute atomic E-state index is 0. The molecule has 0 atom stereocenters. The molecule has 0 bridgehead atoms. The third-order valence-electron chi connectivity index (χ3n) is 12.6. The second-order valence-electron chi connectivity index (χ2n) is 18.5. The SMILES string of the molecule is Cc1cc(F)cc(C)c1-n1c(-c2[c-]cc(C)c3c2sc2nc(-c4ccccc4)ccc23)nc2c3ccccc3c3ccccc3c21.[2H]C([2H])([2H])c1cc[c-]c(-c2cc(C([2H])(C)C)c([Si](C)(C)C)cn2)c1F.[Ir]. The van der Waals surface area contributed by atoms with Crippen molar-refractivity contribution in [3.8, 4) is 39.6 Å². The zero-order valence-corrected chi connectivity index (χ0v) is 43.2. The van der Waals surface area contributed by atoms with Crippen LogP contribution in [0.4, 0.5) is 8.78 Å². The second kappa shape index (κ2) is 18.4. The van der Waals surface area contributed by atoms with Gasteiger partial charge in [-0.1, -0.05) is 166 Å². The van der Waals surface area contributed by atoms with Crippen LogP contribution in [0.15, 0.2) is 134 Å². The van der Waals surface area contributed by atoms with Gasteiger partial charge in [-0.15, -0.1) is 35.9 Å². The van der Waals surface area contributed by atoms with Gasteiger partial charge in [-0.05, 0) is 75.4 Å². The molecule has 341 valence electrons. The van der Waals surface area contributed by atoms with Crippen LogP contribution in [-0.2, 0) is 20.1 Å². The predicted molar refractivity (Wildman–Crippen MR) is 281 cm³/mol. The number of pyridine rings is 2. The van der Waals surface area contributed by atoms with E-state index in [1.165, 1.54) is 17.5 Å². The van der Waals surface area contributed by atoms with Crippen molar-refractivity contribution in [2.45, 2.75) is 67.0 Å². The molecule has 0 aliphatic heterocycles. The van der Waals surface area contributed by atoms with Gasteiger partial charge >= 0.3 is 0 Å². The first-order valence-corrected chi connectivity index (χ1v) is 26.6. The van der Waals surface area contributed by atoms with Crippen LogP contribution in [0.25, 0.3) is 92.5 Å². The van der Waals surface area contributed by atoms with Crippen molar-refractivity contribution in [3.63, 3.8) is 0 Å². The monoisotopic (exact) mass is 1110 g/mol. The van der Waals surface area contributed by atoms with Gasteiger partial charge in [0.25, 0.3) is 0 Å². The van der Waals surface area contributed by atoms with E-state index in [-0.39, 0.29) is 37.0 Å². The molecule has 0 spiro atoms. The Bertz CT molecular complexity index is 3890. The number of aryl methyl sites for hydroxylation is 4. The zero-order chi connectivity index (χ0) is 50.3. The molecule has 0 aliphatic carbocycles. The van der Waals surface area contributed by atoms with Crippen molar-refractivity contribution in [1.82, 2.24) is 19.5 Å². The van der Waals surface area contributed by atoms with E-state index in [1.54, 1.807) is 49.6 Å². The maximum absolute atomic E-state index is 14.7. The zero-order valence-electron chi connectivity index (χ0n) is 43.0. The molecule has 0 amide bonds. The van der Waals surface area contributed by atoms with E-state index in [4.69, 9.17) is 15.5 Å². The fourth-order valence-electron chi connectivity index (χ4n) is 9.42. The second-order valence-corrected chi connectivity index (χ2v) is 24.5. The van der Waals surface area contributed by atoms with Crippen molar-refractivity contribution in [2.75, 3.05) is 0 Å². The maximum Gasteiger partial charge on any atom is 0.123 e. The van der Waals surface area contributed by atoms with E-state index in [2.05, 4.69) is 127 Å². The summed E-state index contributed by atoms with van der Waals surface area (Å²) < 4.78 is 63.7. The van der Waals surface area contributed by atoms with Crippen LogP contribution < -0.4 is 5.19 Å². The molecule has 4 nitrogen and oxygen atoms in total. The van der Waals surface area contributed by atoms with Crippen LogP contribution >= 0.6 is 11.3 Å². The third-order valence-corrected chi connectivity index (χ3v) is 15.7. The standard InChI is InChI=1S/C41H27FN3S.C18H23FNSi.Ir/c1-23-17-18-33(39-35(23)32-19-20-34(43-41(32)46-39)26-11-5-4-6-12-26)40-44-36-30-15-9-7-13-28(30)29-14-8-10-16-31(29)38(36)45(40)37-24(2)21-27(42)22-25(37)3;1-12(2)15-10-16(20-11-17(15)21(4,5)6)14-9-7-8-13(3)18(14)19;/h4-17,19-22H,1-3H3;7-8,10-12H,1-6H3;/q2*-1;/i;3D3,12D;. The van der Waals surface area contributed by atoms with E-state index >= 15 is 0 Å². The number of fused-ring (bicyclic) bond motifs is 9. The predicted octanol–water partition coefficient (Wildman–Crippen LogP) is 16.0. The van der Waals surface area contributed by atoms with Gasteiger partial charge in [0.05, 0.1) is 30.6 Å². The third kappa shape index (κ3) is 8.19. The summed E-state index contributed by atoms with van der Waals surface area (Å²) in [4.78, 5) is 16.0. The fourth-order valence-corrected chi connectivity index (χ4v) is 12.2. The molecular weight excluding hydrogens is 1060 g/mol. The molecule has 0 N–H and O–H groups in total. The van der Waals surface area contributed by atoms with Crippen molar-refractivity contribution in [2.24, 2.45) is 0 Å². The van der Waals surface area contributed by atoms with Crippen LogP contribution in [0.1, 0.15) is 53.0 Å². The molecule has 0 aliphatic rings. The van der Waals surface area contributed by atoms with Gasteiger partial charge in [-0.3, -0.25) is 9.37 Å². The molecule has 68 heavy (non-hydrogen) atoms. The van der Waals surface area contributed by atoms with E-state index in [1.807, 2.05) is 32.0 Å². The summed E-state index contributed by atoms with van der Waals surface area (Å²) in [6, 6.07) is 47.6. The summed E-state index contributed by atoms with van der Waals surface area (Å²) in [6.45, 7) is 13.6. The van der Waals surface area contributed by atoms with Gasteiger partial charge in [0.2, 0.25) is 0 Å². The molecule has 0 saturated carbocycles. The average molecular weight is 1110 g/mol. The Morgan fingerprint density at radius 2 is 1.37 bits per heavy atom. The Morgan fingerprint density at radius 1 is 0.706 bits per heavy atom. The summed E-state index contributed by atoms with van der Waals surface area (Å²) in [6.07, 6.45) is 1.71. The molecule has 7 aromatic carbocycles. The normalized spacial score (nSPS) is 13.0. The number of benzene rings is 7. The smallest absolute Gasteiger partial charge is 0.123 e. The number of aromatic nitrogens is 4. The van der Waals surface area contributed by atoms with Gasteiger partial charge in [0, 0.05) is 65.0 Å². The Kier molecular flexibility index (Phi) is 11.3. The van der Waals surface area contributed by atoms with Crippen molar-refractivity contribution < 1.29 is 34.4 Å². The number of hydrogen-bond acceptors (Lipinski definition) is 4. The molecule has 4 aromatic heterocycles. The van der Waals surface area contributed by atoms with Crippen LogP contribution in [0, 0.1) is 51.4 Å². The summed E-state index contributed by atoms with van der Waals surface area (Å²) in [7, 11) is -1.74. The minimum atomic E-state index is -2.54. The number of imidazole rings is 1. The maximum atomic E-state index is 14.7. The van der Waals surface area contributed by atoms with Crippen molar-refractivity contribution >= 4 is 77.5 Å². The van der Waals surface area contributed by atoms with Crippen LogP contribution in [0.5, 0.6) is 0 Å². The number of rotatable bonds is 6. The molecule has 9 heteroatoms. The van der Waals surface area contributed by atoms with Gasteiger partial charge < -0.3 is 9.55 Å². The molecule has 0 saturated heterocycles. The molecule has 1 radical (unpaired) electrons. The minimum Gasteiger partial charge on any atom is -0.332 e. The van der Waals surface area contributed by atoms with E-state index in [0.29, 0.717) is 5.69 Å². The topological polar surface area (TPSA) is 43.6 Å². The van der Waals surface area contributed by atoms with E-state index < -0.39 is 26.6 Å². The van der Waals surface area contributed by atoms with Gasteiger partial charge in [-0.25, -0.2) is 9.37 Å². The first-order valence-electron chi connectivity index (χ1n) is 24.3. The average Bonchev–Trinajstić information content (AvgIpc) is 3.91. The first kappa shape index (κ1) is 41.9. The van der Waals surface area contributed by atoms with Crippen molar-refractivity contribution in [3.05, 3.63) is 185 Å². The quantitative estimate of drug-likeness (QED) is 0.0947. The summed E-state index contributed by atoms with van der Waals surface area (Å²) in [5, 5.41) is 7.85. The summed E-state index contributed by atoms with van der Waals surface area (Å²) in [5.41, 5.74) is 9.45. The molecule has 4 heterocycles. The van der Waals surface area contributed by atoms with Gasteiger partial charge in [0.15, 0.2) is 0 Å². The molecule has 11 rings (SSSR count). The van der Waals surface area contributed by atoms with E-state index in [0.717, 1.165) is 103 Å². The molecule has 11 aromatic rings. The number of hydrogen-bond donors (Lipinski definition) is 0. The first-order chi connectivity index (χ1) is 33.7. The molecule has 0 unspecified atom stereocenters. The number of halogens is 2. The summed E-state index contributed by atoms with van der Waals surface area (Å²) in [5.74, 6) is -1.15. The Labute approximate surface area is 420 Å². The molecule has 0 fully saturated rings. The van der Waals surface area contributed by atoms with Crippen LogP contribution in [0.2, 0.25) is 19.6 Å². The largest absolute Gasteiger partial charge is 0.332 e. The summed E-state index contributed by atoms with van der Waals surface area (Å²) >= 11 is 1.68. The molecular formula is C59H50F2IrN4SSi-2. The Balaban J connectivity index is 0.000000210. The Morgan fingerprint density at radius 3 is 2.04 bits per heavy atom. The van der Waals surface area contributed by atoms with Crippen molar-refractivity contribution in [1.29, 1.82) is 0 Å².